The number of anilines is 2. The van der Waals surface area contributed by atoms with E-state index in [1.54, 1.807) is 36.4 Å². The Kier molecular flexibility index (Phi) is 8.08. The maximum absolute atomic E-state index is 12.8. The van der Waals surface area contributed by atoms with Crippen molar-refractivity contribution in [2.75, 3.05) is 43.1 Å². The van der Waals surface area contributed by atoms with Gasteiger partial charge in [0.2, 0.25) is 0 Å². The highest BCUT2D eigenvalue weighted by atomic mass is 35.5. The number of carbonyl (C=O) groups is 2. The number of hydrogen-bond donors (Lipinski definition) is 2. The summed E-state index contributed by atoms with van der Waals surface area (Å²) in [6.45, 7) is 2.56. The molecule has 32 heavy (non-hydrogen) atoms. The number of benzene rings is 2. The molecule has 1 aliphatic rings. The third kappa shape index (κ3) is 6.48. The van der Waals surface area contributed by atoms with Gasteiger partial charge in [-0.1, -0.05) is 23.7 Å². The minimum atomic E-state index is -0.957. The number of carboxylic acid groups (broad SMARTS) is 1. The topological polar surface area (TPSA) is 112 Å². The van der Waals surface area contributed by atoms with Crippen LogP contribution >= 0.6 is 11.6 Å². The van der Waals surface area contributed by atoms with Gasteiger partial charge in [0.05, 0.1) is 37.6 Å². The van der Waals surface area contributed by atoms with Crippen LogP contribution in [0.15, 0.2) is 48.0 Å². The van der Waals surface area contributed by atoms with Crippen molar-refractivity contribution in [1.29, 1.82) is 5.26 Å². The Morgan fingerprint density at radius 1 is 1.25 bits per heavy atom. The molecule has 0 saturated carbocycles. The van der Waals surface area contributed by atoms with Crippen molar-refractivity contribution in [3.05, 3.63) is 58.6 Å². The third-order valence-electron chi connectivity index (χ3n) is 4.68. The fourth-order valence-electron chi connectivity index (χ4n) is 3.14. The summed E-state index contributed by atoms with van der Waals surface area (Å²) in [5.74, 6) is -1.08. The summed E-state index contributed by atoms with van der Waals surface area (Å²) in [6.07, 6.45) is 1.31. The number of carbonyl (C=O) groups excluding carboxylic acids is 1. The second kappa shape index (κ2) is 11.2. The highest BCUT2D eigenvalue weighted by Crippen LogP contribution is 2.30. The fourth-order valence-corrected chi connectivity index (χ4v) is 3.32. The van der Waals surface area contributed by atoms with E-state index in [0.717, 1.165) is 5.69 Å². The van der Waals surface area contributed by atoms with Gasteiger partial charge >= 0.3 is 5.97 Å². The zero-order valence-corrected chi connectivity index (χ0v) is 18.0. The maximum Gasteiger partial charge on any atom is 0.306 e. The van der Waals surface area contributed by atoms with Crippen molar-refractivity contribution in [3.8, 4) is 11.8 Å². The van der Waals surface area contributed by atoms with Crippen molar-refractivity contribution in [3.63, 3.8) is 0 Å². The number of morpholine rings is 1. The summed E-state index contributed by atoms with van der Waals surface area (Å²) < 4.78 is 10.8. The van der Waals surface area contributed by atoms with E-state index in [4.69, 9.17) is 26.2 Å². The van der Waals surface area contributed by atoms with Crippen molar-refractivity contribution in [1.82, 2.24) is 0 Å². The average Bonchev–Trinajstić information content (AvgIpc) is 2.78. The summed E-state index contributed by atoms with van der Waals surface area (Å²) in [6, 6.07) is 13.9. The van der Waals surface area contributed by atoms with Crippen LogP contribution < -0.4 is 15.0 Å². The predicted molar refractivity (Wildman–Crippen MR) is 121 cm³/mol. The highest BCUT2D eigenvalue weighted by molar-refractivity contribution is 6.31. The Morgan fingerprint density at radius 2 is 2.03 bits per heavy atom. The van der Waals surface area contributed by atoms with E-state index < -0.39 is 11.9 Å². The molecule has 1 saturated heterocycles. The Balaban J connectivity index is 1.77. The molecule has 1 aliphatic heterocycles. The van der Waals surface area contributed by atoms with Gasteiger partial charge in [-0.3, -0.25) is 9.59 Å². The Labute approximate surface area is 190 Å². The first kappa shape index (κ1) is 23.1. The molecule has 0 spiro atoms. The lowest BCUT2D eigenvalue weighted by Crippen LogP contribution is -2.36. The fraction of sp³-hybridized carbons (Fsp3) is 0.261. The monoisotopic (exact) mass is 455 g/mol. The van der Waals surface area contributed by atoms with Crippen LogP contribution in [0.3, 0.4) is 0 Å². The Morgan fingerprint density at radius 3 is 2.75 bits per heavy atom. The quantitative estimate of drug-likeness (QED) is 0.462. The SMILES string of the molecule is N#C/C(=C/c1cccc(OCCC(=O)O)c1)C(=O)Nc1cc(Cl)ccc1N1CCOCC1. The number of aliphatic carboxylic acids is 1. The number of halogens is 1. The standard InChI is InChI=1S/C23H22ClN3O5/c24-18-4-5-21(27-7-10-31-11-8-27)20(14-18)26-23(30)17(15-25)12-16-2-1-3-19(13-16)32-9-6-22(28)29/h1-5,12-14H,6-11H2,(H,26,30)(H,28,29)/b17-12-. The summed E-state index contributed by atoms with van der Waals surface area (Å²) in [5, 5.41) is 21.5. The molecule has 2 aromatic rings. The molecule has 1 heterocycles. The second-order valence-electron chi connectivity index (χ2n) is 6.95. The van der Waals surface area contributed by atoms with Gasteiger partial charge < -0.3 is 24.8 Å². The number of nitrogens with zero attached hydrogens (tertiary/aromatic N) is 2. The van der Waals surface area contributed by atoms with Crippen molar-refractivity contribution >= 4 is 40.9 Å². The van der Waals surface area contributed by atoms with Gasteiger partial charge in [0.15, 0.2) is 0 Å². The summed E-state index contributed by atoms with van der Waals surface area (Å²) in [7, 11) is 0. The normalized spacial score (nSPS) is 13.9. The summed E-state index contributed by atoms with van der Waals surface area (Å²) in [5.41, 5.74) is 1.79. The van der Waals surface area contributed by atoms with Gasteiger partial charge in [0, 0.05) is 18.1 Å². The van der Waals surface area contributed by atoms with Crippen molar-refractivity contribution in [2.24, 2.45) is 0 Å². The molecule has 0 aromatic heterocycles. The number of ether oxygens (including phenoxy) is 2. The number of rotatable bonds is 8. The van der Waals surface area contributed by atoms with Gasteiger partial charge in [-0.2, -0.15) is 5.26 Å². The van der Waals surface area contributed by atoms with Crippen LogP contribution in [-0.4, -0.2) is 49.9 Å². The van der Waals surface area contributed by atoms with E-state index in [-0.39, 0.29) is 18.6 Å². The molecular weight excluding hydrogens is 434 g/mol. The maximum atomic E-state index is 12.8. The molecule has 2 aromatic carbocycles. The summed E-state index contributed by atoms with van der Waals surface area (Å²) >= 11 is 6.14. The van der Waals surface area contributed by atoms with Crippen LogP contribution in [0, 0.1) is 11.3 Å². The first-order chi connectivity index (χ1) is 15.5. The molecule has 8 nitrogen and oxygen atoms in total. The zero-order valence-electron chi connectivity index (χ0n) is 17.2. The van der Waals surface area contributed by atoms with Gasteiger partial charge in [-0.15, -0.1) is 0 Å². The average molecular weight is 456 g/mol. The summed E-state index contributed by atoms with van der Waals surface area (Å²) in [4.78, 5) is 25.6. The first-order valence-corrected chi connectivity index (χ1v) is 10.3. The largest absolute Gasteiger partial charge is 0.493 e. The molecule has 2 N–H and O–H groups in total. The van der Waals surface area contributed by atoms with Crippen LogP contribution in [-0.2, 0) is 14.3 Å². The van der Waals surface area contributed by atoms with E-state index in [9.17, 15) is 14.9 Å². The Bertz CT molecular complexity index is 1060. The molecule has 1 amide bonds. The van der Waals surface area contributed by atoms with E-state index in [1.165, 1.54) is 6.08 Å². The lowest BCUT2D eigenvalue weighted by Gasteiger charge is -2.30. The smallest absolute Gasteiger partial charge is 0.306 e. The van der Waals surface area contributed by atoms with E-state index in [0.29, 0.717) is 48.3 Å². The molecule has 166 valence electrons. The van der Waals surface area contributed by atoms with Crippen molar-refractivity contribution < 1.29 is 24.2 Å². The van der Waals surface area contributed by atoms with Crippen LogP contribution in [0.1, 0.15) is 12.0 Å². The van der Waals surface area contributed by atoms with Gasteiger partial charge in [0.25, 0.3) is 5.91 Å². The number of carboxylic acids is 1. The van der Waals surface area contributed by atoms with Crippen LogP contribution in [0.25, 0.3) is 6.08 Å². The molecule has 9 heteroatoms. The molecule has 3 rings (SSSR count). The minimum absolute atomic E-state index is 0.0210. The minimum Gasteiger partial charge on any atom is -0.493 e. The lowest BCUT2D eigenvalue weighted by atomic mass is 10.1. The molecule has 0 atom stereocenters. The third-order valence-corrected chi connectivity index (χ3v) is 4.91. The number of amides is 1. The highest BCUT2D eigenvalue weighted by Gasteiger charge is 2.18. The zero-order chi connectivity index (χ0) is 22.9. The molecule has 1 fully saturated rings. The first-order valence-electron chi connectivity index (χ1n) is 9.96. The number of nitrogens with one attached hydrogen (secondary N) is 1. The molecule has 0 aliphatic carbocycles. The number of nitriles is 1. The van der Waals surface area contributed by atoms with E-state index in [2.05, 4.69) is 10.2 Å². The lowest BCUT2D eigenvalue weighted by molar-refractivity contribution is -0.137. The van der Waals surface area contributed by atoms with Crippen molar-refractivity contribution in [2.45, 2.75) is 6.42 Å². The van der Waals surface area contributed by atoms with Crippen LogP contribution in [0.5, 0.6) is 5.75 Å². The molecule has 0 bridgehead atoms. The number of hydrogen-bond acceptors (Lipinski definition) is 6. The van der Waals surface area contributed by atoms with Gasteiger partial charge in [-0.25, -0.2) is 0 Å². The Hall–Kier alpha value is -3.54. The molecule has 0 radical (unpaired) electrons. The van der Waals surface area contributed by atoms with Gasteiger partial charge in [-0.05, 0) is 42.0 Å². The van der Waals surface area contributed by atoms with Crippen LogP contribution in [0.4, 0.5) is 11.4 Å². The molecular formula is C23H22ClN3O5. The van der Waals surface area contributed by atoms with E-state index >= 15 is 0 Å². The van der Waals surface area contributed by atoms with Crippen LogP contribution in [0.2, 0.25) is 5.02 Å². The molecule has 0 unspecified atom stereocenters. The van der Waals surface area contributed by atoms with Gasteiger partial charge in [0.1, 0.15) is 17.4 Å². The van der Waals surface area contributed by atoms with E-state index in [1.807, 2.05) is 12.1 Å². The second-order valence-corrected chi connectivity index (χ2v) is 7.39. The predicted octanol–water partition coefficient (Wildman–Crippen LogP) is 3.58.